The van der Waals surface area contributed by atoms with Gasteiger partial charge in [0.15, 0.2) is 16.6 Å². The molecule has 3 rings (SSSR count). The number of nitrogens with one attached hydrogen (secondary N) is 1. The first kappa shape index (κ1) is 22.6. The first-order chi connectivity index (χ1) is 15.1. The molecule has 3 aromatic rings. The summed E-state index contributed by atoms with van der Waals surface area (Å²) >= 11 is 1.40. The third kappa shape index (κ3) is 6.18. The summed E-state index contributed by atoms with van der Waals surface area (Å²) in [4.78, 5) is 23.3. The van der Waals surface area contributed by atoms with Crippen LogP contribution >= 0.6 is 11.3 Å². The fourth-order valence-corrected chi connectivity index (χ4v) is 3.74. The molecule has 1 N–H and O–H groups in total. The Labute approximate surface area is 187 Å². The van der Waals surface area contributed by atoms with Gasteiger partial charge in [-0.2, -0.15) is 0 Å². The van der Waals surface area contributed by atoms with E-state index in [2.05, 4.69) is 22.2 Å². The molecule has 0 bridgehead atoms. The molecule has 0 aliphatic carbocycles. The lowest BCUT2D eigenvalue weighted by Crippen LogP contribution is -2.35. The van der Waals surface area contributed by atoms with E-state index in [4.69, 9.17) is 9.47 Å². The summed E-state index contributed by atoms with van der Waals surface area (Å²) in [6.45, 7) is 5.83. The Balaban J connectivity index is 1.69. The van der Waals surface area contributed by atoms with E-state index in [0.717, 1.165) is 29.7 Å². The van der Waals surface area contributed by atoms with Crippen LogP contribution in [-0.4, -0.2) is 41.2 Å². The molecule has 0 unspecified atom stereocenters. The van der Waals surface area contributed by atoms with Crippen LogP contribution in [0.15, 0.2) is 48.1 Å². The number of aromatic nitrogens is 2. The Morgan fingerprint density at radius 1 is 1.19 bits per heavy atom. The summed E-state index contributed by atoms with van der Waals surface area (Å²) < 4.78 is 11.2. The molecule has 0 aliphatic heterocycles. The molecule has 2 amide bonds. The number of amides is 2. The van der Waals surface area contributed by atoms with E-state index in [1.807, 2.05) is 42.6 Å². The van der Waals surface area contributed by atoms with Crippen molar-refractivity contribution in [1.82, 2.24) is 14.9 Å². The van der Waals surface area contributed by atoms with Crippen LogP contribution in [0, 0.1) is 0 Å². The Morgan fingerprint density at radius 3 is 2.77 bits per heavy atom. The zero-order valence-electron chi connectivity index (χ0n) is 18.1. The number of thiazole rings is 1. The Morgan fingerprint density at radius 2 is 2.06 bits per heavy atom. The summed E-state index contributed by atoms with van der Waals surface area (Å²) in [5, 5.41) is 5.40. The number of benzene rings is 1. The molecule has 2 heterocycles. The predicted molar refractivity (Wildman–Crippen MR) is 124 cm³/mol. The second kappa shape index (κ2) is 11.3. The van der Waals surface area contributed by atoms with Crippen LogP contribution in [0.5, 0.6) is 11.5 Å². The number of anilines is 1. The zero-order valence-corrected chi connectivity index (χ0v) is 18.9. The minimum atomic E-state index is -0.181. The van der Waals surface area contributed by atoms with Gasteiger partial charge in [-0.15, -0.1) is 11.3 Å². The summed E-state index contributed by atoms with van der Waals surface area (Å²) in [5.74, 6) is 1.38. The summed E-state index contributed by atoms with van der Waals surface area (Å²) in [6, 6.07) is 9.41. The average molecular weight is 441 g/mol. The van der Waals surface area contributed by atoms with Crippen LogP contribution in [0.1, 0.15) is 32.3 Å². The molecule has 1 aromatic carbocycles. The van der Waals surface area contributed by atoms with Gasteiger partial charge in [-0.25, -0.2) is 9.78 Å². The number of carbonyl (C=O) groups excluding carboxylic acids is 1. The number of carbonyl (C=O) groups is 1. The van der Waals surface area contributed by atoms with Gasteiger partial charge in [0.1, 0.15) is 0 Å². The molecule has 0 saturated heterocycles. The van der Waals surface area contributed by atoms with Crippen molar-refractivity contribution in [3.63, 3.8) is 0 Å². The topological polar surface area (TPSA) is 76.6 Å². The van der Waals surface area contributed by atoms with Crippen molar-refractivity contribution in [3.8, 4) is 22.8 Å². The number of hydrogen-bond donors (Lipinski definition) is 1. The average Bonchev–Trinajstić information content (AvgIpc) is 3.26. The maximum atomic E-state index is 12.9. The lowest BCUT2D eigenvalue weighted by atomic mass is 10.2. The molecular formula is C23H28N4O3S. The van der Waals surface area contributed by atoms with Crippen LogP contribution in [0.2, 0.25) is 0 Å². The van der Waals surface area contributed by atoms with Crippen LogP contribution in [0.25, 0.3) is 11.3 Å². The second-order valence-electron chi connectivity index (χ2n) is 6.96. The summed E-state index contributed by atoms with van der Waals surface area (Å²) in [7, 11) is 1.62. The van der Waals surface area contributed by atoms with Crippen LogP contribution in [0.3, 0.4) is 0 Å². The number of ether oxygens (including phenoxy) is 2. The highest BCUT2D eigenvalue weighted by atomic mass is 32.1. The van der Waals surface area contributed by atoms with E-state index >= 15 is 0 Å². The third-order valence-electron chi connectivity index (χ3n) is 4.52. The predicted octanol–water partition coefficient (Wildman–Crippen LogP) is 5.45. The number of pyridine rings is 1. The molecular weight excluding hydrogens is 412 g/mol. The molecule has 7 nitrogen and oxygen atoms in total. The first-order valence-corrected chi connectivity index (χ1v) is 11.2. The van der Waals surface area contributed by atoms with Crippen LogP contribution in [0.4, 0.5) is 9.93 Å². The molecule has 0 radical (unpaired) electrons. The van der Waals surface area contributed by atoms with E-state index in [-0.39, 0.29) is 6.03 Å². The summed E-state index contributed by atoms with van der Waals surface area (Å²) in [5.41, 5.74) is 2.68. The lowest BCUT2D eigenvalue weighted by Gasteiger charge is -2.22. The van der Waals surface area contributed by atoms with Gasteiger partial charge in [0.2, 0.25) is 0 Å². The van der Waals surface area contributed by atoms with Gasteiger partial charge < -0.3 is 14.4 Å². The van der Waals surface area contributed by atoms with Crippen LogP contribution < -0.4 is 14.8 Å². The van der Waals surface area contributed by atoms with E-state index in [0.29, 0.717) is 36.3 Å². The second-order valence-corrected chi connectivity index (χ2v) is 7.82. The number of urea groups is 1. The Hall–Kier alpha value is -3.13. The lowest BCUT2D eigenvalue weighted by molar-refractivity contribution is 0.209. The monoisotopic (exact) mass is 440 g/mol. The van der Waals surface area contributed by atoms with Crippen LogP contribution in [-0.2, 0) is 6.54 Å². The maximum Gasteiger partial charge on any atom is 0.323 e. The quantitative estimate of drug-likeness (QED) is 0.454. The highest BCUT2D eigenvalue weighted by Crippen LogP contribution is 2.29. The zero-order chi connectivity index (χ0) is 22.1. The third-order valence-corrected chi connectivity index (χ3v) is 5.28. The fourth-order valence-electron chi connectivity index (χ4n) is 3.03. The first-order valence-electron chi connectivity index (χ1n) is 10.4. The van der Waals surface area contributed by atoms with Gasteiger partial charge in [0.25, 0.3) is 0 Å². The van der Waals surface area contributed by atoms with Gasteiger partial charge in [-0.05, 0) is 42.7 Å². The Bertz CT molecular complexity index is 978. The molecule has 0 spiro atoms. The number of rotatable bonds is 10. The van der Waals surface area contributed by atoms with E-state index in [9.17, 15) is 4.79 Å². The smallest absolute Gasteiger partial charge is 0.323 e. The van der Waals surface area contributed by atoms with Crippen molar-refractivity contribution in [3.05, 3.63) is 53.7 Å². The highest BCUT2D eigenvalue weighted by Gasteiger charge is 2.17. The number of nitrogens with zero attached hydrogens (tertiary/aromatic N) is 3. The Kier molecular flexibility index (Phi) is 8.23. The van der Waals surface area contributed by atoms with E-state index in [1.54, 1.807) is 24.4 Å². The largest absolute Gasteiger partial charge is 0.493 e. The van der Waals surface area contributed by atoms with Gasteiger partial charge in [0.05, 0.1) is 19.4 Å². The van der Waals surface area contributed by atoms with E-state index in [1.165, 1.54) is 11.3 Å². The molecule has 31 heavy (non-hydrogen) atoms. The van der Waals surface area contributed by atoms with Crippen molar-refractivity contribution in [1.29, 1.82) is 0 Å². The summed E-state index contributed by atoms with van der Waals surface area (Å²) in [6.07, 6.45) is 5.25. The maximum absolute atomic E-state index is 12.9. The normalized spacial score (nSPS) is 10.5. The highest BCUT2D eigenvalue weighted by molar-refractivity contribution is 7.14. The van der Waals surface area contributed by atoms with Gasteiger partial charge in [-0.3, -0.25) is 10.3 Å². The molecule has 0 atom stereocenters. The molecule has 8 heteroatoms. The van der Waals surface area contributed by atoms with Crippen molar-refractivity contribution in [2.45, 2.75) is 33.2 Å². The fraction of sp³-hybridized carbons (Fsp3) is 0.348. The standard InChI is InChI=1S/C23H28N4O3S/c1-4-11-27(15-17-8-9-20(30-12-5-2)21(13-17)29-3)23(28)26-22-25-19(16-31-22)18-7-6-10-24-14-18/h6-10,13-14,16H,4-5,11-12,15H2,1-3H3,(H,25,26,28). The number of hydrogen-bond acceptors (Lipinski definition) is 6. The van der Waals surface area contributed by atoms with Gasteiger partial charge in [-0.1, -0.05) is 19.9 Å². The van der Waals surface area contributed by atoms with E-state index < -0.39 is 0 Å². The minimum Gasteiger partial charge on any atom is -0.493 e. The molecule has 2 aromatic heterocycles. The van der Waals surface area contributed by atoms with Crippen molar-refractivity contribution in [2.75, 3.05) is 25.6 Å². The molecule has 0 saturated carbocycles. The molecule has 164 valence electrons. The van der Waals surface area contributed by atoms with Gasteiger partial charge in [0, 0.05) is 36.4 Å². The van der Waals surface area contributed by atoms with Crippen molar-refractivity contribution in [2.24, 2.45) is 0 Å². The molecule has 0 aliphatic rings. The SMILES string of the molecule is CCCOc1ccc(CN(CCC)C(=O)Nc2nc(-c3cccnc3)cs2)cc1OC. The van der Waals surface area contributed by atoms with Crippen molar-refractivity contribution < 1.29 is 14.3 Å². The number of methoxy groups -OCH3 is 1. The molecule has 0 fully saturated rings. The van der Waals surface area contributed by atoms with Gasteiger partial charge >= 0.3 is 6.03 Å². The van der Waals surface area contributed by atoms with Crippen molar-refractivity contribution >= 4 is 22.5 Å². The minimum absolute atomic E-state index is 0.181.